The molecule has 7 nitrogen and oxygen atoms in total. The number of methoxy groups -OCH3 is 3. The molecule has 4 aromatic rings. The molecule has 0 saturated carbocycles. The fourth-order valence-corrected chi connectivity index (χ4v) is 4.59. The Morgan fingerprint density at radius 1 is 0.971 bits per heavy atom. The van der Waals surface area contributed by atoms with E-state index in [4.69, 9.17) is 31.4 Å². The Morgan fingerprint density at radius 2 is 1.68 bits per heavy atom. The Balaban J connectivity index is 1.53. The standard InChI is InChI=1S/C25H23N3O4S2/c1-14-9-10-15(24-26-17-7-5-6-8-21(17)34-24)11-18(14)27-25(33)28-23(29)16-12-19(30-2)22(32-4)20(13-16)31-3/h5-13H,1-4H3,(H2,27,28,29,33). The first-order chi connectivity index (χ1) is 16.4. The van der Waals surface area contributed by atoms with Crippen LogP contribution in [0.25, 0.3) is 20.8 Å². The molecule has 0 atom stereocenters. The first-order valence-electron chi connectivity index (χ1n) is 10.3. The maximum atomic E-state index is 12.9. The predicted octanol–water partition coefficient (Wildman–Crippen LogP) is 5.42. The third-order valence-electron chi connectivity index (χ3n) is 5.18. The monoisotopic (exact) mass is 493 g/mol. The van der Waals surface area contributed by atoms with Crippen molar-refractivity contribution in [2.45, 2.75) is 6.92 Å². The molecule has 0 unspecified atom stereocenters. The zero-order chi connectivity index (χ0) is 24.2. The number of hydrogen-bond donors (Lipinski definition) is 2. The van der Waals surface area contributed by atoms with Gasteiger partial charge in [-0.3, -0.25) is 10.1 Å². The molecular formula is C25H23N3O4S2. The lowest BCUT2D eigenvalue weighted by molar-refractivity contribution is 0.0977. The lowest BCUT2D eigenvalue weighted by atomic mass is 10.1. The summed E-state index contributed by atoms with van der Waals surface area (Å²) in [6, 6.07) is 17.2. The average molecular weight is 494 g/mol. The minimum Gasteiger partial charge on any atom is -0.493 e. The summed E-state index contributed by atoms with van der Waals surface area (Å²) in [5.41, 5.74) is 4.01. The van der Waals surface area contributed by atoms with E-state index in [1.54, 1.807) is 23.5 Å². The van der Waals surface area contributed by atoms with E-state index in [-0.39, 0.29) is 5.11 Å². The van der Waals surface area contributed by atoms with Gasteiger partial charge < -0.3 is 19.5 Å². The van der Waals surface area contributed by atoms with E-state index in [0.29, 0.717) is 22.8 Å². The van der Waals surface area contributed by atoms with Crippen molar-refractivity contribution in [3.05, 3.63) is 65.7 Å². The first-order valence-corrected chi connectivity index (χ1v) is 11.5. The van der Waals surface area contributed by atoms with Gasteiger partial charge in [-0.25, -0.2) is 4.98 Å². The van der Waals surface area contributed by atoms with Gasteiger partial charge in [0.2, 0.25) is 5.75 Å². The number of nitrogens with zero attached hydrogens (tertiary/aromatic N) is 1. The van der Waals surface area contributed by atoms with Gasteiger partial charge in [0.1, 0.15) is 5.01 Å². The minimum absolute atomic E-state index is 0.170. The SMILES string of the molecule is COc1cc(C(=O)NC(=S)Nc2cc(-c3nc4ccccc4s3)ccc2C)cc(OC)c1OC. The van der Waals surface area contributed by atoms with Crippen LogP contribution in [-0.4, -0.2) is 37.3 Å². The van der Waals surface area contributed by atoms with Crippen molar-refractivity contribution in [1.29, 1.82) is 0 Å². The van der Waals surface area contributed by atoms with Crippen molar-refractivity contribution in [1.82, 2.24) is 10.3 Å². The van der Waals surface area contributed by atoms with Crippen LogP contribution in [0.5, 0.6) is 17.2 Å². The molecule has 0 saturated heterocycles. The fraction of sp³-hybridized carbons (Fsp3) is 0.160. The van der Waals surface area contributed by atoms with Crippen molar-refractivity contribution in [2.75, 3.05) is 26.6 Å². The van der Waals surface area contributed by atoms with Gasteiger partial charge in [-0.1, -0.05) is 24.3 Å². The summed E-state index contributed by atoms with van der Waals surface area (Å²) in [6.07, 6.45) is 0. The Bertz CT molecular complexity index is 1330. The number of carbonyl (C=O) groups excluding carboxylic acids is 1. The molecule has 34 heavy (non-hydrogen) atoms. The van der Waals surface area contributed by atoms with Crippen LogP contribution in [0, 0.1) is 6.92 Å². The number of carbonyl (C=O) groups is 1. The topological polar surface area (TPSA) is 81.7 Å². The molecule has 1 aromatic heterocycles. The average Bonchev–Trinajstić information content (AvgIpc) is 3.28. The number of rotatable bonds is 6. The summed E-state index contributed by atoms with van der Waals surface area (Å²) in [7, 11) is 4.49. The quantitative estimate of drug-likeness (QED) is 0.347. The van der Waals surface area contributed by atoms with Crippen LogP contribution in [0.2, 0.25) is 0 Å². The summed E-state index contributed by atoms with van der Waals surface area (Å²) in [5, 5.41) is 6.92. The largest absolute Gasteiger partial charge is 0.493 e. The van der Waals surface area contributed by atoms with Gasteiger partial charge in [0.05, 0.1) is 31.5 Å². The van der Waals surface area contributed by atoms with Crippen LogP contribution in [-0.2, 0) is 0 Å². The highest BCUT2D eigenvalue weighted by atomic mass is 32.1. The Morgan fingerprint density at radius 3 is 2.32 bits per heavy atom. The first kappa shape index (κ1) is 23.5. The molecule has 3 aromatic carbocycles. The zero-order valence-electron chi connectivity index (χ0n) is 19.1. The molecule has 174 valence electrons. The normalized spacial score (nSPS) is 10.6. The van der Waals surface area contributed by atoms with E-state index in [2.05, 4.69) is 16.7 Å². The number of thiazole rings is 1. The Kier molecular flexibility index (Phi) is 6.95. The number of anilines is 1. The molecule has 2 N–H and O–H groups in total. The highest BCUT2D eigenvalue weighted by molar-refractivity contribution is 7.80. The molecule has 0 aliphatic carbocycles. The highest BCUT2D eigenvalue weighted by Gasteiger charge is 2.18. The smallest absolute Gasteiger partial charge is 0.257 e. The van der Waals surface area contributed by atoms with Crippen LogP contribution in [0.3, 0.4) is 0 Å². The maximum Gasteiger partial charge on any atom is 0.257 e. The number of amides is 1. The van der Waals surface area contributed by atoms with Gasteiger partial charge in [0, 0.05) is 16.8 Å². The lowest BCUT2D eigenvalue weighted by Crippen LogP contribution is -2.34. The Hall–Kier alpha value is -3.69. The van der Waals surface area contributed by atoms with Gasteiger partial charge in [-0.2, -0.15) is 0 Å². The molecule has 1 amide bonds. The summed E-state index contributed by atoms with van der Waals surface area (Å²) in [5.74, 6) is 0.761. The number of hydrogen-bond acceptors (Lipinski definition) is 7. The second kappa shape index (κ2) is 10.1. The summed E-state index contributed by atoms with van der Waals surface area (Å²) >= 11 is 7.04. The molecule has 0 aliphatic heterocycles. The highest BCUT2D eigenvalue weighted by Crippen LogP contribution is 2.38. The molecule has 0 radical (unpaired) electrons. The van der Waals surface area contributed by atoms with Crippen molar-refractivity contribution >= 4 is 50.5 Å². The number of fused-ring (bicyclic) bond motifs is 1. The number of aromatic nitrogens is 1. The van der Waals surface area contributed by atoms with E-state index in [0.717, 1.165) is 32.0 Å². The molecular weight excluding hydrogens is 470 g/mol. The van der Waals surface area contributed by atoms with Crippen molar-refractivity contribution in [3.8, 4) is 27.8 Å². The van der Waals surface area contributed by atoms with Gasteiger partial charge in [-0.05, 0) is 55.0 Å². The minimum atomic E-state index is -0.406. The molecule has 0 fully saturated rings. The number of para-hydroxylation sites is 1. The van der Waals surface area contributed by atoms with Crippen molar-refractivity contribution in [2.24, 2.45) is 0 Å². The predicted molar refractivity (Wildman–Crippen MR) is 140 cm³/mol. The molecule has 1 heterocycles. The van der Waals surface area contributed by atoms with Crippen molar-refractivity contribution < 1.29 is 19.0 Å². The third kappa shape index (κ3) is 4.80. The number of benzene rings is 3. The summed E-state index contributed by atoms with van der Waals surface area (Å²) < 4.78 is 17.1. The van der Waals surface area contributed by atoms with E-state index < -0.39 is 5.91 Å². The Labute approximate surface area is 206 Å². The number of aryl methyl sites for hydroxylation is 1. The van der Waals surface area contributed by atoms with Crippen LogP contribution >= 0.6 is 23.6 Å². The maximum absolute atomic E-state index is 12.9. The summed E-state index contributed by atoms with van der Waals surface area (Å²) in [6.45, 7) is 1.97. The van der Waals surface area contributed by atoms with Gasteiger partial charge in [0.25, 0.3) is 5.91 Å². The lowest BCUT2D eigenvalue weighted by Gasteiger charge is -2.15. The molecule has 0 spiro atoms. The second-order valence-corrected chi connectivity index (χ2v) is 8.78. The number of thiocarbonyl (C=S) groups is 1. The number of ether oxygens (including phenoxy) is 3. The van der Waals surface area contributed by atoms with E-state index in [1.807, 2.05) is 43.3 Å². The fourth-order valence-electron chi connectivity index (χ4n) is 3.43. The van der Waals surface area contributed by atoms with Gasteiger partial charge in [-0.15, -0.1) is 11.3 Å². The van der Waals surface area contributed by atoms with Crippen LogP contribution < -0.4 is 24.8 Å². The summed E-state index contributed by atoms with van der Waals surface area (Å²) in [4.78, 5) is 17.6. The molecule has 0 bridgehead atoms. The molecule has 9 heteroatoms. The van der Waals surface area contributed by atoms with Crippen LogP contribution in [0.15, 0.2) is 54.6 Å². The number of nitrogens with one attached hydrogen (secondary N) is 2. The van der Waals surface area contributed by atoms with E-state index in [1.165, 1.54) is 21.3 Å². The van der Waals surface area contributed by atoms with E-state index >= 15 is 0 Å². The van der Waals surface area contributed by atoms with Gasteiger partial charge >= 0.3 is 0 Å². The van der Waals surface area contributed by atoms with E-state index in [9.17, 15) is 4.79 Å². The van der Waals surface area contributed by atoms with Crippen molar-refractivity contribution in [3.63, 3.8) is 0 Å². The second-order valence-electron chi connectivity index (χ2n) is 7.34. The molecule has 4 rings (SSSR count). The van der Waals surface area contributed by atoms with Crippen LogP contribution in [0.1, 0.15) is 15.9 Å². The zero-order valence-corrected chi connectivity index (χ0v) is 20.7. The van der Waals surface area contributed by atoms with Gasteiger partial charge in [0.15, 0.2) is 16.6 Å². The van der Waals surface area contributed by atoms with Crippen LogP contribution in [0.4, 0.5) is 5.69 Å². The third-order valence-corrected chi connectivity index (χ3v) is 6.47. The molecule has 0 aliphatic rings.